The monoisotopic (exact) mass is 658 g/mol. The minimum Gasteiger partial charge on any atom is -0.490 e. The topological polar surface area (TPSA) is 147 Å². The van der Waals surface area contributed by atoms with Gasteiger partial charge >= 0.3 is 0 Å². The number of carbonyl (C=O) groups is 1. The summed E-state index contributed by atoms with van der Waals surface area (Å²) in [5.41, 5.74) is 7.65. The van der Waals surface area contributed by atoms with Crippen LogP contribution >= 0.6 is 11.3 Å². The van der Waals surface area contributed by atoms with Crippen LogP contribution in [0.15, 0.2) is 29.3 Å². The predicted molar refractivity (Wildman–Crippen MR) is 178 cm³/mol. The maximum absolute atomic E-state index is 12.1. The Hall–Kier alpha value is -3.99. The highest BCUT2D eigenvalue weighted by Crippen LogP contribution is 2.48. The van der Waals surface area contributed by atoms with E-state index in [0.29, 0.717) is 52.9 Å². The number of pyridine rings is 1. The molecule has 1 aliphatic carbocycles. The number of aromatic nitrogens is 3. The molecule has 12 nitrogen and oxygen atoms in total. The predicted octanol–water partition coefficient (Wildman–Crippen LogP) is 4.15. The van der Waals surface area contributed by atoms with Crippen LogP contribution in [0.2, 0.25) is 0 Å². The number of thiophene rings is 1. The summed E-state index contributed by atoms with van der Waals surface area (Å²) in [6.45, 7) is 12.3. The molecule has 3 aromatic rings. The minimum atomic E-state index is -0.618. The number of hydrogen-bond acceptors (Lipinski definition) is 12. The highest BCUT2D eigenvalue weighted by molar-refractivity contribution is 7.16. The summed E-state index contributed by atoms with van der Waals surface area (Å²) in [5.74, 6) is 2.33. The van der Waals surface area contributed by atoms with Gasteiger partial charge in [-0.3, -0.25) is 9.69 Å². The van der Waals surface area contributed by atoms with Gasteiger partial charge in [0.05, 0.1) is 24.2 Å². The second-order valence-corrected chi connectivity index (χ2v) is 14.3. The maximum Gasteiger partial charge on any atom is 0.245 e. The van der Waals surface area contributed by atoms with Crippen molar-refractivity contribution in [3.05, 3.63) is 46.7 Å². The van der Waals surface area contributed by atoms with E-state index in [1.54, 1.807) is 0 Å². The second kappa shape index (κ2) is 13.3. The molecule has 3 saturated heterocycles. The quantitative estimate of drug-likeness (QED) is 0.365. The van der Waals surface area contributed by atoms with E-state index in [-0.39, 0.29) is 12.0 Å². The standard InChI is InChI=1S/C34H42N8O4S/c1-3-29(43)42-13-8-23(9-14-42)45-24-19-26(37-28(20-24)41-11-6-22(7-12-41)40-15-17-44-18-16-40)32-38-33(46-39-32)34(2)10-4-5-27-30(34)25(21-35)31(36)47-27/h3,19-20,22-23H,1,4-18,36H2,2H3. The van der Waals surface area contributed by atoms with Gasteiger partial charge in [0.25, 0.3) is 0 Å². The first-order valence-electron chi connectivity index (χ1n) is 16.7. The minimum absolute atomic E-state index is 0.0344. The van der Waals surface area contributed by atoms with Crippen molar-refractivity contribution in [1.29, 1.82) is 5.26 Å². The Morgan fingerprint density at radius 1 is 1.15 bits per heavy atom. The zero-order valence-corrected chi connectivity index (χ0v) is 27.8. The van der Waals surface area contributed by atoms with Gasteiger partial charge in [0.1, 0.15) is 34.4 Å². The van der Waals surface area contributed by atoms with E-state index in [4.69, 9.17) is 29.7 Å². The smallest absolute Gasteiger partial charge is 0.245 e. The third kappa shape index (κ3) is 6.22. The fourth-order valence-corrected chi connectivity index (χ4v) is 8.81. The first kappa shape index (κ1) is 31.6. The molecule has 248 valence electrons. The van der Waals surface area contributed by atoms with Gasteiger partial charge in [-0.2, -0.15) is 10.2 Å². The van der Waals surface area contributed by atoms with Crippen molar-refractivity contribution in [2.24, 2.45) is 0 Å². The average molecular weight is 659 g/mol. The second-order valence-electron chi connectivity index (χ2n) is 13.1. The van der Waals surface area contributed by atoms with Crippen LogP contribution in [0.3, 0.4) is 0 Å². The summed E-state index contributed by atoms with van der Waals surface area (Å²) in [7, 11) is 0. The van der Waals surface area contributed by atoms with Crippen molar-refractivity contribution >= 4 is 28.1 Å². The lowest BCUT2D eigenvalue weighted by molar-refractivity contribution is -0.127. The SMILES string of the molecule is C=CC(=O)N1CCC(Oc2cc(-c3noc(C4(C)CCCc5sc(N)c(C#N)c54)n3)nc(N3CCC(N4CCOCC4)CC3)c2)CC1. The number of aryl methyl sites for hydroxylation is 1. The number of nitrogens with zero attached hydrogens (tertiary/aromatic N) is 7. The molecular formula is C34H42N8O4S. The number of ether oxygens (including phenoxy) is 2. The zero-order valence-electron chi connectivity index (χ0n) is 26.9. The summed E-state index contributed by atoms with van der Waals surface area (Å²) in [5, 5.41) is 14.9. The summed E-state index contributed by atoms with van der Waals surface area (Å²) in [4.78, 5) is 29.9. The van der Waals surface area contributed by atoms with Crippen LogP contribution in [0.25, 0.3) is 11.5 Å². The molecule has 3 aromatic heterocycles. The number of nitrogens with two attached hydrogens (primary N) is 1. The number of amides is 1. The lowest BCUT2D eigenvalue weighted by Crippen LogP contribution is -2.49. The number of carbonyl (C=O) groups excluding carboxylic acids is 1. The number of morpholine rings is 1. The third-order valence-corrected chi connectivity index (χ3v) is 11.3. The zero-order chi connectivity index (χ0) is 32.5. The van der Waals surface area contributed by atoms with Gasteiger partial charge in [0, 0.05) is 80.7 Å². The molecule has 0 saturated carbocycles. The first-order chi connectivity index (χ1) is 22.9. The van der Waals surface area contributed by atoms with Gasteiger partial charge in [-0.25, -0.2) is 4.98 Å². The van der Waals surface area contributed by atoms with E-state index in [2.05, 4.69) is 34.5 Å². The van der Waals surface area contributed by atoms with E-state index >= 15 is 0 Å². The van der Waals surface area contributed by atoms with Crippen molar-refractivity contribution in [2.75, 3.05) is 63.1 Å². The number of anilines is 2. The molecule has 4 aliphatic rings. The summed E-state index contributed by atoms with van der Waals surface area (Å²) < 4.78 is 18.1. The van der Waals surface area contributed by atoms with Gasteiger partial charge in [0.2, 0.25) is 17.6 Å². The van der Waals surface area contributed by atoms with E-state index in [0.717, 1.165) is 101 Å². The van der Waals surface area contributed by atoms with Crippen LogP contribution in [0, 0.1) is 11.3 Å². The van der Waals surface area contributed by atoms with Gasteiger partial charge in [-0.1, -0.05) is 11.7 Å². The first-order valence-corrected chi connectivity index (χ1v) is 17.5. The van der Waals surface area contributed by atoms with Crippen LogP contribution < -0.4 is 15.4 Å². The molecule has 0 spiro atoms. The highest BCUT2D eigenvalue weighted by atomic mass is 32.1. The molecule has 1 amide bonds. The largest absolute Gasteiger partial charge is 0.490 e. The lowest BCUT2D eigenvalue weighted by atomic mass is 9.72. The highest BCUT2D eigenvalue weighted by Gasteiger charge is 2.43. The molecule has 1 unspecified atom stereocenters. The van der Waals surface area contributed by atoms with E-state index < -0.39 is 5.41 Å². The number of nitrogen functional groups attached to an aromatic ring is 1. The number of likely N-dealkylation sites (tertiary alicyclic amines) is 1. The lowest BCUT2D eigenvalue weighted by Gasteiger charge is -2.40. The van der Waals surface area contributed by atoms with E-state index in [1.165, 1.54) is 17.4 Å². The molecule has 47 heavy (non-hydrogen) atoms. The molecular weight excluding hydrogens is 616 g/mol. The fourth-order valence-electron chi connectivity index (χ4n) is 7.62. The summed E-state index contributed by atoms with van der Waals surface area (Å²) in [6.07, 6.45) is 7.50. The number of piperidine rings is 2. The number of hydrogen-bond donors (Lipinski definition) is 1. The van der Waals surface area contributed by atoms with E-state index in [9.17, 15) is 10.1 Å². The van der Waals surface area contributed by atoms with Gasteiger partial charge < -0.3 is 29.5 Å². The van der Waals surface area contributed by atoms with Crippen molar-refractivity contribution in [2.45, 2.75) is 69.4 Å². The maximum atomic E-state index is 12.1. The molecule has 3 fully saturated rings. The molecule has 0 aromatic carbocycles. The van der Waals surface area contributed by atoms with Gasteiger partial charge in [-0.15, -0.1) is 11.3 Å². The van der Waals surface area contributed by atoms with Crippen LogP contribution in [0.4, 0.5) is 10.8 Å². The van der Waals surface area contributed by atoms with Crippen molar-refractivity contribution in [3.8, 4) is 23.3 Å². The average Bonchev–Trinajstić information content (AvgIpc) is 3.74. The summed E-state index contributed by atoms with van der Waals surface area (Å²) >= 11 is 1.48. The number of rotatable bonds is 7. The molecule has 0 bridgehead atoms. The Morgan fingerprint density at radius 3 is 2.64 bits per heavy atom. The molecule has 3 aliphatic heterocycles. The third-order valence-electron chi connectivity index (χ3n) is 10.2. The molecule has 1 atom stereocenters. The number of nitriles is 1. The molecule has 7 rings (SSSR count). The Bertz CT molecular complexity index is 1660. The van der Waals surface area contributed by atoms with E-state index in [1.807, 2.05) is 17.0 Å². The Labute approximate surface area is 279 Å². The Balaban J connectivity index is 1.16. The molecule has 2 N–H and O–H groups in total. The van der Waals surface area contributed by atoms with Gasteiger partial charge in [0.15, 0.2) is 0 Å². The number of fused-ring (bicyclic) bond motifs is 1. The van der Waals surface area contributed by atoms with Gasteiger partial charge in [-0.05, 0) is 45.1 Å². The normalized spacial score (nSPS) is 22.9. The van der Waals surface area contributed by atoms with Crippen LogP contribution in [-0.4, -0.2) is 95.5 Å². The Morgan fingerprint density at radius 2 is 1.91 bits per heavy atom. The van der Waals surface area contributed by atoms with Crippen molar-refractivity contribution in [1.82, 2.24) is 24.9 Å². The van der Waals surface area contributed by atoms with Crippen LogP contribution in [0.5, 0.6) is 5.75 Å². The molecule has 0 radical (unpaired) electrons. The molecule has 6 heterocycles. The van der Waals surface area contributed by atoms with Crippen LogP contribution in [0.1, 0.15) is 67.3 Å². The van der Waals surface area contributed by atoms with Crippen LogP contribution in [-0.2, 0) is 21.4 Å². The fraction of sp³-hybridized carbons (Fsp3) is 0.559. The molecule has 13 heteroatoms. The Kier molecular flexibility index (Phi) is 8.91. The van der Waals surface area contributed by atoms with Crippen molar-refractivity contribution in [3.63, 3.8) is 0 Å². The van der Waals surface area contributed by atoms with Crippen molar-refractivity contribution < 1.29 is 18.8 Å². The summed E-state index contributed by atoms with van der Waals surface area (Å²) in [6, 6.07) is 6.77.